The van der Waals surface area contributed by atoms with Gasteiger partial charge in [-0.25, -0.2) is 18.4 Å². The predicted octanol–water partition coefficient (Wildman–Crippen LogP) is 3.25. The van der Waals surface area contributed by atoms with Crippen molar-refractivity contribution in [1.29, 1.82) is 0 Å². The Hall–Kier alpha value is -2.40. The molecule has 0 aliphatic heterocycles. The summed E-state index contributed by atoms with van der Waals surface area (Å²) in [6.07, 6.45) is 7.54. The van der Waals surface area contributed by atoms with Gasteiger partial charge in [0.25, 0.3) is 0 Å². The lowest BCUT2D eigenvalue weighted by atomic mass is 10.1. The molecule has 0 saturated carbocycles. The van der Waals surface area contributed by atoms with Crippen molar-refractivity contribution < 1.29 is 8.42 Å². The van der Waals surface area contributed by atoms with E-state index in [1.165, 1.54) is 11.8 Å². The Morgan fingerprint density at radius 2 is 1.66 bits per heavy atom. The van der Waals surface area contributed by atoms with Crippen LogP contribution >= 0.6 is 24.0 Å². The van der Waals surface area contributed by atoms with Gasteiger partial charge >= 0.3 is 0 Å². The van der Waals surface area contributed by atoms with Gasteiger partial charge in [-0.2, -0.15) is 0 Å². The molecular formula is C23H30IN5O2S. The Morgan fingerprint density at radius 3 is 2.25 bits per heavy atom. The molecule has 1 aromatic heterocycles. The van der Waals surface area contributed by atoms with E-state index in [9.17, 15) is 8.42 Å². The van der Waals surface area contributed by atoms with Gasteiger partial charge < -0.3 is 15.2 Å². The quantitative estimate of drug-likeness (QED) is 0.236. The molecule has 0 bridgehead atoms. The van der Waals surface area contributed by atoms with Crippen LogP contribution in [0.15, 0.2) is 77.1 Å². The molecule has 0 radical (unpaired) electrons. The maximum atomic E-state index is 11.6. The average Bonchev–Trinajstić information content (AvgIpc) is 3.26. The third kappa shape index (κ3) is 8.27. The first kappa shape index (κ1) is 25.9. The van der Waals surface area contributed by atoms with Crippen molar-refractivity contribution in [3.05, 3.63) is 83.9 Å². The monoisotopic (exact) mass is 567 g/mol. The van der Waals surface area contributed by atoms with Crippen LogP contribution in [0.2, 0.25) is 0 Å². The Kier molecular flexibility index (Phi) is 10.2. The minimum atomic E-state index is -3.16. The largest absolute Gasteiger partial charge is 0.357 e. The van der Waals surface area contributed by atoms with Crippen molar-refractivity contribution in [1.82, 2.24) is 20.2 Å². The number of sulfone groups is 1. The van der Waals surface area contributed by atoms with Crippen molar-refractivity contribution in [3.63, 3.8) is 0 Å². The second-order valence-electron chi connectivity index (χ2n) is 7.34. The van der Waals surface area contributed by atoms with Crippen LogP contribution in [0, 0.1) is 0 Å². The van der Waals surface area contributed by atoms with Crippen LogP contribution in [0.1, 0.15) is 23.6 Å². The molecule has 0 aliphatic carbocycles. The third-order valence-electron chi connectivity index (χ3n) is 4.77. The summed E-state index contributed by atoms with van der Waals surface area (Å²) in [5.74, 6) is 0.762. The van der Waals surface area contributed by atoms with E-state index in [0.717, 1.165) is 36.6 Å². The molecule has 0 aliphatic rings. The molecule has 0 unspecified atom stereocenters. The molecule has 7 nitrogen and oxygen atoms in total. The number of nitrogens with zero attached hydrogens (tertiary/aromatic N) is 3. The molecular weight excluding hydrogens is 537 g/mol. The SMILES string of the molecule is CCNC(=NCc1ccc(Cn2ccnc2)cc1)NCCc1ccc(S(C)(=O)=O)cc1.I. The fourth-order valence-electron chi connectivity index (χ4n) is 3.08. The minimum absolute atomic E-state index is 0. The van der Waals surface area contributed by atoms with Crippen LogP contribution in [0.25, 0.3) is 0 Å². The lowest BCUT2D eigenvalue weighted by Gasteiger charge is -2.12. The van der Waals surface area contributed by atoms with Gasteiger partial charge in [0.2, 0.25) is 0 Å². The Bertz CT molecular complexity index is 1080. The van der Waals surface area contributed by atoms with Crippen molar-refractivity contribution in [2.24, 2.45) is 4.99 Å². The van der Waals surface area contributed by atoms with E-state index in [1.54, 1.807) is 18.3 Å². The zero-order valence-corrected chi connectivity index (χ0v) is 21.5. The molecule has 9 heteroatoms. The van der Waals surface area contributed by atoms with Crippen molar-refractivity contribution in [2.45, 2.75) is 31.3 Å². The van der Waals surface area contributed by atoms with E-state index in [-0.39, 0.29) is 24.0 Å². The van der Waals surface area contributed by atoms with E-state index in [2.05, 4.69) is 44.9 Å². The summed E-state index contributed by atoms with van der Waals surface area (Å²) >= 11 is 0. The lowest BCUT2D eigenvalue weighted by molar-refractivity contribution is 0.602. The number of hydrogen-bond donors (Lipinski definition) is 2. The van der Waals surface area contributed by atoms with Crippen molar-refractivity contribution >= 4 is 39.8 Å². The van der Waals surface area contributed by atoms with Crippen molar-refractivity contribution in [2.75, 3.05) is 19.3 Å². The van der Waals surface area contributed by atoms with E-state index in [0.29, 0.717) is 18.0 Å². The summed E-state index contributed by atoms with van der Waals surface area (Å²) in [5, 5.41) is 6.59. The van der Waals surface area contributed by atoms with Gasteiger partial charge in [-0.15, -0.1) is 24.0 Å². The van der Waals surface area contributed by atoms with Gasteiger partial charge in [-0.3, -0.25) is 0 Å². The number of guanidine groups is 1. The number of aliphatic imine (C=N–C) groups is 1. The fourth-order valence-corrected chi connectivity index (χ4v) is 3.71. The van der Waals surface area contributed by atoms with Gasteiger partial charge in [0.1, 0.15) is 0 Å². The molecule has 0 spiro atoms. The summed E-state index contributed by atoms with van der Waals surface area (Å²) in [7, 11) is -3.16. The summed E-state index contributed by atoms with van der Waals surface area (Å²) in [6.45, 7) is 4.90. The first-order valence-electron chi connectivity index (χ1n) is 10.3. The van der Waals surface area contributed by atoms with Gasteiger partial charge in [-0.05, 0) is 42.2 Å². The standard InChI is InChI=1S/C23H29N5O2S.HI/c1-3-25-23(26-13-12-19-8-10-22(11-9-19)31(2,29)30)27-16-20-4-6-21(7-5-20)17-28-15-14-24-18-28;/h4-11,14-15,18H,3,12-13,16-17H2,1-2H3,(H2,25,26,27);1H. The second-order valence-corrected chi connectivity index (χ2v) is 9.36. The van der Waals surface area contributed by atoms with Crippen LogP contribution in [-0.2, 0) is 29.3 Å². The van der Waals surface area contributed by atoms with Crippen LogP contribution in [-0.4, -0.2) is 43.3 Å². The maximum Gasteiger partial charge on any atom is 0.191 e. The molecule has 0 amide bonds. The number of benzene rings is 2. The van der Waals surface area contributed by atoms with Crippen LogP contribution in [0.3, 0.4) is 0 Å². The highest BCUT2D eigenvalue weighted by atomic mass is 127. The second kappa shape index (κ2) is 12.6. The Balaban J connectivity index is 0.00000363. The molecule has 0 atom stereocenters. The Labute approximate surface area is 207 Å². The van der Waals surface area contributed by atoms with Crippen LogP contribution in [0.4, 0.5) is 0 Å². The molecule has 3 aromatic rings. The topological polar surface area (TPSA) is 88.4 Å². The van der Waals surface area contributed by atoms with Gasteiger partial charge in [0, 0.05) is 38.3 Å². The van der Waals surface area contributed by atoms with E-state index < -0.39 is 9.84 Å². The maximum absolute atomic E-state index is 11.6. The highest BCUT2D eigenvalue weighted by molar-refractivity contribution is 14.0. The average molecular weight is 567 g/mol. The molecule has 32 heavy (non-hydrogen) atoms. The first-order valence-corrected chi connectivity index (χ1v) is 12.2. The number of nitrogens with one attached hydrogen (secondary N) is 2. The van der Waals surface area contributed by atoms with Crippen LogP contribution in [0.5, 0.6) is 0 Å². The summed E-state index contributed by atoms with van der Waals surface area (Å²) in [6, 6.07) is 15.4. The smallest absolute Gasteiger partial charge is 0.191 e. The summed E-state index contributed by atoms with van der Waals surface area (Å²) in [4.78, 5) is 9.08. The highest BCUT2D eigenvalue weighted by Gasteiger charge is 2.06. The molecule has 3 rings (SSSR count). The van der Waals surface area contributed by atoms with Crippen molar-refractivity contribution in [3.8, 4) is 0 Å². The molecule has 0 fully saturated rings. The van der Waals surface area contributed by atoms with E-state index in [4.69, 9.17) is 0 Å². The summed E-state index contributed by atoms with van der Waals surface area (Å²) in [5.41, 5.74) is 3.44. The van der Waals surface area contributed by atoms with Gasteiger partial charge in [0.05, 0.1) is 17.8 Å². The predicted molar refractivity (Wildman–Crippen MR) is 139 cm³/mol. The number of rotatable bonds is 9. The number of hydrogen-bond acceptors (Lipinski definition) is 4. The zero-order chi connectivity index (χ0) is 22.1. The normalized spacial score (nSPS) is 11.6. The highest BCUT2D eigenvalue weighted by Crippen LogP contribution is 2.11. The van der Waals surface area contributed by atoms with Gasteiger partial charge in [0.15, 0.2) is 15.8 Å². The number of aromatic nitrogens is 2. The minimum Gasteiger partial charge on any atom is -0.357 e. The van der Waals surface area contributed by atoms with Gasteiger partial charge in [-0.1, -0.05) is 36.4 Å². The molecule has 1 heterocycles. The molecule has 2 N–H and O–H groups in total. The third-order valence-corrected chi connectivity index (χ3v) is 5.90. The fraction of sp³-hybridized carbons (Fsp3) is 0.304. The number of imidazole rings is 1. The summed E-state index contributed by atoms with van der Waals surface area (Å²) < 4.78 is 25.2. The zero-order valence-electron chi connectivity index (χ0n) is 18.4. The molecule has 172 valence electrons. The van der Waals surface area contributed by atoms with E-state index >= 15 is 0 Å². The van der Waals surface area contributed by atoms with E-state index in [1.807, 2.05) is 36.1 Å². The number of halogens is 1. The van der Waals surface area contributed by atoms with Crippen LogP contribution < -0.4 is 10.6 Å². The molecule has 0 saturated heterocycles. The first-order chi connectivity index (χ1) is 14.9. The Morgan fingerprint density at radius 1 is 1.00 bits per heavy atom. The lowest BCUT2D eigenvalue weighted by Crippen LogP contribution is -2.38. The molecule has 2 aromatic carbocycles.